The van der Waals surface area contributed by atoms with Gasteiger partial charge in [-0.1, -0.05) is 54.7 Å². The highest BCUT2D eigenvalue weighted by molar-refractivity contribution is 6.91. The molecule has 0 bridgehead atoms. The van der Waals surface area contributed by atoms with Gasteiger partial charge in [-0.25, -0.2) is 0 Å². The molecule has 1 unspecified atom stereocenters. The molecule has 3 heterocycles. The molecule has 0 aliphatic carbocycles. The number of anilines is 2. The van der Waals surface area contributed by atoms with Crippen molar-refractivity contribution in [2.24, 2.45) is 5.92 Å². The fourth-order valence-electron chi connectivity index (χ4n) is 7.01. The molecule has 242 valence electrons. The van der Waals surface area contributed by atoms with E-state index in [9.17, 15) is 9.90 Å². The summed E-state index contributed by atoms with van der Waals surface area (Å²) in [4.78, 5) is 14.8. The highest BCUT2D eigenvalue weighted by Gasteiger charge is 2.47. The first-order valence-electron chi connectivity index (χ1n) is 15.8. The molecule has 0 saturated heterocycles. The molecule has 11 heteroatoms. The van der Waals surface area contributed by atoms with Gasteiger partial charge in [0.05, 0.1) is 32.7 Å². The van der Waals surface area contributed by atoms with Crippen molar-refractivity contribution in [1.29, 1.82) is 0 Å². The van der Waals surface area contributed by atoms with Crippen LogP contribution in [0.25, 0.3) is 0 Å². The zero-order valence-corrected chi connectivity index (χ0v) is 28.1. The van der Waals surface area contributed by atoms with E-state index < -0.39 is 8.07 Å². The van der Waals surface area contributed by atoms with E-state index in [1.165, 1.54) is 5.19 Å². The molecule has 1 aromatic heterocycles. The molecule has 4 atom stereocenters. The Morgan fingerprint density at radius 2 is 1.85 bits per heavy atom. The Morgan fingerprint density at radius 1 is 1.07 bits per heavy atom. The summed E-state index contributed by atoms with van der Waals surface area (Å²) in [5.41, 5.74) is 3.36. The van der Waals surface area contributed by atoms with Crippen LogP contribution in [-0.2, 0) is 22.5 Å². The van der Waals surface area contributed by atoms with Crippen molar-refractivity contribution in [3.63, 3.8) is 0 Å². The molecule has 0 saturated carbocycles. The van der Waals surface area contributed by atoms with Crippen LogP contribution < -0.4 is 24.3 Å². The van der Waals surface area contributed by atoms with E-state index in [0.717, 1.165) is 40.6 Å². The fourth-order valence-corrected chi connectivity index (χ4v) is 10.5. The van der Waals surface area contributed by atoms with E-state index >= 15 is 0 Å². The molecule has 0 spiro atoms. The number of amides is 1. The van der Waals surface area contributed by atoms with E-state index in [4.69, 9.17) is 18.9 Å². The summed E-state index contributed by atoms with van der Waals surface area (Å²) in [5, 5.41) is 19.2. The van der Waals surface area contributed by atoms with Crippen LogP contribution in [0, 0.1) is 5.92 Å². The van der Waals surface area contributed by atoms with Crippen molar-refractivity contribution in [2.45, 2.75) is 57.2 Å². The molecule has 0 fully saturated rings. The number of aryl methyl sites for hydroxylation is 1. The summed E-state index contributed by atoms with van der Waals surface area (Å²) in [7, 11) is 1.24. The highest BCUT2D eigenvalue weighted by Crippen LogP contribution is 2.49. The maximum Gasteiger partial charge on any atom is 0.269 e. The summed E-state index contributed by atoms with van der Waals surface area (Å²) in [6, 6.07) is 22.0. The Hall–Kier alpha value is -4.19. The van der Waals surface area contributed by atoms with Gasteiger partial charge in [-0.3, -0.25) is 14.4 Å². The molecular formula is C35H42N4O6Si. The molecule has 2 aliphatic heterocycles. The molecule has 2 aliphatic rings. The number of nitrogens with zero attached hydrogens (tertiary/aromatic N) is 4. The second-order valence-electron chi connectivity index (χ2n) is 12.6. The number of fused-ring (bicyclic) bond motifs is 2. The number of carbonyl (C=O) groups is 1. The monoisotopic (exact) mass is 642 g/mol. The van der Waals surface area contributed by atoms with Gasteiger partial charge < -0.3 is 24.1 Å². The quantitative estimate of drug-likeness (QED) is 0.227. The molecule has 46 heavy (non-hydrogen) atoms. The van der Waals surface area contributed by atoms with Gasteiger partial charge >= 0.3 is 0 Å². The largest absolute Gasteiger partial charge is 0.497 e. The number of hydrogen-bond donors (Lipinski definition) is 1. The lowest BCUT2D eigenvalue weighted by Gasteiger charge is -2.46. The Morgan fingerprint density at radius 3 is 2.59 bits per heavy atom. The maximum absolute atomic E-state index is 13.1. The van der Waals surface area contributed by atoms with Crippen LogP contribution in [0.5, 0.6) is 17.2 Å². The van der Waals surface area contributed by atoms with Crippen molar-refractivity contribution in [3.05, 3.63) is 84.2 Å². The highest BCUT2D eigenvalue weighted by atomic mass is 28.3. The molecule has 10 nitrogen and oxygen atoms in total. The van der Waals surface area contributed by atoms with Crippen molar-refractivity contribution in [1.82, 2.24) is 15.0 Å². The first kappa shape index (κ1) is 31.8. The third-order valence-electron chi connectivity index (χ3n) is 9.56. The number of para-hydroxylation sites is 2. The van der Waals surface area contributed by atoms with Crippen molar-refractivity contribution < 1.29 is 28.8 Å². The molecule has 6 rings (SSSR count). The van der Waals surface area contributed by atoms with E-state index in [2.05, 4.69) is 42.5 Å². The predicted molar refractivity (Wildman–Crippen MR) is 178 cm³/mol. The SMILES string of the molecule is COc1ccc([Si](C)(C)C(CCn2cc(CCO)nn2)[C@@H]2Oc3ccc(N4C(=O)COc5ccccc54)cc3[C@H](OC)[C@H]2C)cc1. The lowest BCUT2D eigenvalue weighted by atomic mass is 9.86. The van der Waals surface area contributed by atoms with Crippen LogP contribution >= 0.6 is 0 Å². The second kappa shape index (κ2) is 13.3. The number of aliphatic hydroxyl groups excluding tert-OH is 1. The number of benzene rings is 3. The van der Waals surface area contributed by atoms with Crippen LogP contribution in [0.4, 0.5) is 11.4 Å². The zero-order valence-electron chi connectivity index (χ0n) is 27.1. The number of methoxy groups -OCH3 is 2. The van der Waals surface area contributed by atoms with E-state index in [0.29, 0.717) is 18.7 Å². The molecule has 4 aromatic rings. The van der Waals surface area contributed by atoms with Crippen molar-refractivity contribution >= 4 is 30.5 Å². The van der Waals surface area contributed by atoms with Gasteiger partial charge in [0.15, 0.2) is 6.61 Å². The summed E-state index contributed by atoms with van der Waals surface area (Å²) in [5.74, 6) is 2.16. The third-order valence-corrected chi connectivity index (χ3v) is 13.9. The number of aromatic nitrogens is 3. The Labute approximate surface area is 270 Å². The lowest BCUT2D eigenvalue weighted by molar-refractivity contribution is -0.120. The molecule has 1 amide bonds. The number of hydrogen-bond acceptors (Lipinski definition) is 8. The van der Waals surface area contributed by atoms with Crippen LogP contribution in [-0.4, -0.2) is 67.6 Å². The third kappa shape index (κ3) is 6.02. The van der Waals surface area contributed by atoms with E-state index in [1.54, 1.807) is 19.1 Å². The topological polar surface area (TPSA) is 108 Å². The average Bonchev–Trinajstić information content (AvgIpc) is 3.52. The average molecular weight is 643 g/mol. The van der Waals surface area contributed by atoms with Gasteiger partial charge in [-0.05, 0) is 54.4 Å². The first-order valence-corrected chi connectivity index (χ1v) is 18.9. The summed E-state index contributed by atoms with van der Waals surface area (Å²) >= 11 is 0. The van der Waals surface area contributed by atoms with Gasteiger partial charge in [-0.2, -0.15) is 0 Å². The van der Waals surface area contributed by atoms with Gasteiger partial charge in [0.1, 0.15) is 23.4 Å². The van der Waals surface area contributed by atoms with Gasteiger partial charge in [0.25, 0.3) is 5.91 Å². The number of ether oxygens (including phenoxy) is 4. The number of aliphatic hydroxyl groups is 1. The van der Waals surface area contributed by atoms with Gasteiger partial charge in [0.2, 0.25) is 0 Å². The van der Waals surface area contributed by atoms with Crippen LogP contribution in [0.1, 0.15) is 30.7 Å². The zero-order chi connectivity index (χ0) is 32.4. The molecule has 0 radical (unpaired) electrons. The minimum atomic E-state index is -2.19. The predicted octanol–water partition coefficient (Wildman–Crippen LogP) is 5.04. The van der Waals surface area contributed by atoms with Gasteiger partial charge in [-0.15, -0.1) is 5.10 Å². The minimum Gasteiger partial charge on any atom is -0.497 e. The fraction of sp³-hybridized carbons (Fsp3) is 0.400. The Kier molecular flexibility index (Phi) is 9.17. The number of carbonyl (C=O) groups excluding carboxylic acids is 1. The summed E-state index contributed by atoms with van der Waals surface area (Å²) < 4.78 is 26.2. The Bertz CT molecular complexity index is 1680. The van der Waals surface area contributed by atoms with Crippen molar-refractivity contribution in [2.75, 3.05) is 32.3 Å². The van der Waals surface area contributed by atoms with Crippen LogP contribution in [0.3, 0.4) is 0 Å². The van der Waals surface area contributed by atoms with Crippen LogP contribution in [0.2, 0.25) is 18.6 Å². The van der Waals surface area contributed by atoms with Crippen molar-refractivity contribution in [3.8, 4) is 17.2 Å². The van der Waals surface area contributed by atoms with Gasteiger partial charge in [0, 0.05) is 50.0 Å². The lowest BCUT2D eigenvalue weighted by Crippen LogP contribution is -2.54. The maximum atomic E-state index is 13.1. The normalized spacial score (nSPS) is 19.9. The smallest absolute Gasteiger partial charge is 0.269 e. The standard InChI is InChI=1S/C35H42N4O6Si/c1-23-34(43-3)28-20-25(39-29-8-6-7-9-31(29)44-22-33(39)41)10-15-30(28)45-35(23)32(16-18-38-21-24(17-19-40)36-37-38)46(4,5)27-13-11-26(42-2)12-14-27/h6-15,20-21,23,32,34-35,40H,16-19,22H2,1-5H3/t23-,32?,34-,35-/m1/s1. The minimum absolute atomic E-state index is 0.0103. The summed E-state index contributed by atoms with van der Waals surface area (Å²) in [6.45, 7) is 7.69. The molecule has 3 aromatic carbocycles. The van der Waals surface area contributed by atoms with E-state index in [1.807, 2.05) is 65.5 Å². The molecular weight excluding hydrogens is 600 g/mol. The molecule has 1 N–H and O–H groups in total. The summed E-state index contributed by atoms with van der Waals surface area (Å²) in [6.07, 6.45) is 2.84. The second-order valence-corrected chi connectivity index (χ2v) is 17.4. The Balaban J connectivity index is 1.35. The number of rotatable bonds is 11. The van der Waals surface area contributed by atoms with E-state index in [-0.39, 0.29) is 42.8 Å². The first-order chi connectivity index (χ1) is 22.2. The van der Waals surface area contributed by atoms with Crippen LogP contribution in [0.15, 0.2) is 72.9 Å².